The Hall–Kier alpha value is -4.68. The first-order chi connectivity index (χ1) is 28.3. The van der Waals surface area contributed by atoms with Crippen LogP contribution in [0.25, 0.3) is 0 Å². The lowest BCUT2D eigenvalue weighted by Crippen LogP contribution is -2.62. The molecule has 6 aromatic rings. The fourth-order valence-corrected chi connectivity index (χ4v) is 7.38. The molecule has 302 valence electrons. The number of aromatic nitrogens is 2. The van der Waals surface area contributed by atoms with Crippen LogP contribution < -0.4 is 4.74 Å². The molecule has 8 nitrogen and oxygen atoms in total. The standard InChI is InChI=1S/C48H50BrFN2O6/c1-33(2)52-34(3)40(26-39-24-25-41(49)42(50)27-39)47(51-52)58-48-46(56-31-38-22-14-7-15-23-38)45(55-30-37-20-12-6-13-21-37)44(54-29-36-18-10-5-11-19-36)43(57-48)32-53-28-35-16-8-4-9-17-35/h4-25,27,33,43-46,48H,26,28-32H2,1-3H3/t43?,44-,45+,46-,48+/m1/s1. The zero-order valence-electron chi connectivity index (χ0n) is 33.1. The molecular formula is C48H50BrFN2O6. The molecule has 1 aliphatic rings. The quantitative estimate of drug-likeness (QED) is 0.0853. The molecule has 2 heterocycles. The molecule has 0 bridgehead atoms. The Morgan fingerprint density at radius 1 is 0.655 bits per heavy atom. The summed E-state index contributed by atoms with van der Waals surface area (Å²) in [4.78, 5) is 0. The second-order valence-electron chi connectivity index (χ2n) is 14.8. The van der Waals surface area contributed by atoms with Gasteiger partial charge in [-0.1, -0.05) is 127 Å². The normalized spacial score (nSPS) is 19.4. The van der Waals surface area contributed by atoms with E-state index in [0.717, 1.165) is 39.1 Å². The zero-order chi connectivity index (χ0) is 40.3. The Kier molecular flexibility index (Phi) is 14.5. The summed E-state index contributed by atoms with van der Waals surface area (Å²) >= 11 is 3.29. The van der Waals surface area contributed by atoms with E-state index >= 15 is 0 Å². The monoisotopic (exact) mass is 848 g/mol. The van der Waals surface area contributed by atoms with E-state index in [4.69, 9.17) is 33.5 Å². The maximum atomic E-state index is 14.8. The van der Waals surface area contributed by atoms with Gasteiger partial charge in [-0.05, 0) is 76.7 Å². The van der Waals surface area contributed by atoms with E-state index in [0.29, 0.717) is 36.6 Å². The summed E-state index contributed by atoms with van der Waals surface area (Å²) in [5, 5.41) is 4.99. The van der Waals surface area contributed by atoms with Gasteiger partial charge < -0.3 is 28.4 Å². The van der Waals surface area contributed by atoms with Crippen molar-refractivity contribution in [3.63, 3.8) is 0 Å². The third-order valence-electron chi connectivity index (χ3n) is 10.2. The van der Waals surface area contributed by atoms with Crippen LogP contribution in [0.15, 0.2) is 144 Å². The molecule has 1 saturated heterocycles. The van der Waals surface area contributed by atoms with Crippen molar-refractivity contribution in [3.8, 4) is 5.88 Å². The Morgan fingerprint density at radius 3 is 1.67 bits per heavy atom. The number of hydrogen-bond donors (Lipinski definition) is 0. The van der Waals surface area contributed by atoms with E-state index in [1.165, 1.54) is 6.07 Å². The van der Waals surface area contributed by atoms with Crippen LogP contribution in [0, 0.1) is 12.7 Å². The van der Waals surface area contributed by atoms with Crippen molar-refractivity contribution in [1.29, 1.82) is 0 Å². The topological polar surface area (TPSA) is 73.2 Å². The van der Waals surface area contributed by atoms with Crippen LogP contribution >= 0.6 is 15.9 Å². The van der Waals surface area contributed by atoms with Crippen LogP contribution in [-0.4, -0.2) is 47.1 Å². The van der Waals surface area contributed by atoms with Gasteiger partial charge in [0.1, 0.15) is 30.2 Å². The van der Waals surface area contributed by atoms with Crippen molar-refractivity contribution in [2.75, 3.05) is 6.61 Å². The third kappa shape index (κ3) is 10.9. The summed E-state index contributed by atoms with van der Waals surface area (Å²) in [7, 11) is 0. The average Bonchev–Trinajstić information content (AvgIpc) is 3.55. The van der Waals surface area contributed by atoms with Gasteiger partial charge in [-0.3, -0.25) is 4.68 Å². The molecule has 1 aliphatic heterocycles. The van der Waals surface area contributed by atoms with Crippen molar-refractivity contribution < 1.29 is 32.8 Å². The number of benzene rings is 5. The molecule has 0 N–H and O–H groups in total. The Bertz CT molecular complexity index is 2160. The van der Waals surface area contributed by atoms with E-state index in [1.807, 2.05) is 139 Å². The predicted molar refractivity (Wildman–Crippen MR) is 225 cm³/mol. The van der Waals surface area contributed by atoms with Gasteiger partial charge >= 0.3 is 0 Å². The van der Waals surface area contributed by atoms with Crippen LogP contribution in [0.4, 0.5) is 4.39 Å². The van der Waals surface area contributed by atoms with E-state index in [1.54, 1.807) is 6.07 Å². The van der Waals surface area contributed by atoms with Gasteiger partial charge in [-0.25, -0.2) is 4.39 Å². The zero-order valence-corrected chi connectivity index (χ0v) is 34.7. The van der Waals surface area contributed by atoms with E-state index in [9.17, 15) is 4.39 Å². The second-order valence-corrected chi connectivity index (χ2v) is 15.6. The lowest BCUT2D eigenvalue weighted by atomic mass is 9.97. The molecule has 5 aromatic carbocycles. The van der Waals surface area contributed by atoms with Crippen molar-refractivity contribution in [2.24, 2.45) is 0 Å². The summed E-state index contributed by atoms with van der Waals surface area (Å²) in [5.74, 6) is 0.0411. The fourth-order valence-electron chi connectivity index (χ4n) is 7.13. The summed E-state index contributed by atoms with van der Waals surface area (Å²) < 4.78 is 58.0. The van der Waals surface area contributed by atoms with Gasteiger partial charge in [-0.15, -0.1) is 5.10 Å². The van der Waals surface area contributed by atoms with Gasteiger partial charge in [0.2, 0.25) is 12.2 Å². The highest BCUT2D eigenvalue weighted by Gasteiger charge is 2.50. The van der Waals surface area contributed by atoms with Gasteiger partial charge in [-0.2, -0.15) is 0 Å². The maximum Gasteiger partial charge on any atom is 0.239 e. The molecule has 10 heteroatoms. The second kappa shape index (κ2) is 20.3. The Balaban J connectivity index is 1.27. The Morgan fingerprint density at radius 2 is 1.16 bits per heavy atom. The smallest absolute Gasteiger partial charge is 0.239 e. The molecule has 0 amide bonds. The van der Waals surface area contributed by atoms with Crippen LogP contribution in [0.3, 0.4) is 0 Å². The highest BCUT2D eigenvalue weighted by atomic mass is 79.9. The molecule has 0 radical (unpaired) electrons. The van der Waals surface area contributed by atoms with E-state index in [-0.39, 0.29) is 25.1 Å². The molecule has 58 heavy (non-hydrogen) atoms. The van der Waals surface area contributed by atoms with Gasteiger partial charge in [0.05, 0.1) is 37.5 Å². The molecule has 7 rings (SSSR count). The molecule has 0 spiro atoms. The van der Waals surface area contributed by atoms with Crippen LogP contribution in [0.1, 0.15) is 59.0 Å². The molecule has 0 saturated carbocycles. The highest BCUT2D eigenvalue weighted by Crippen LogP contribution is 2.35. The van der Waals surface area contributed by atoms with Crippen molar-refractivity contribution in [3.05, 3.63) is 189 Å². The summed E-state index contributed by atoms with van der Waals surface area (Å²) in [6.07, 6.45) is -3.32. The molecule has 1 aromatic heterocycles. The minimum absolute atomic E-state index is 0.0343. The molecule has 0 aliphatic carbocycles. The van der Waals surface area contributed by atoms with Crippen molar-refractivity contribution in [2.45, 2.75) is 90.4 Å². The first kappa shape index (κ1) is 41.5. The molecular weight excluding hydrogens is 799 g/mol. The largest absolute Gasteiger partial charge is 0.443 e. The first-order valence-electron chi connectivity index (χ1n) is 19.7. The fraction of sp³-hybridized carbons (Fsp3) is 0.312. The van der Waals surface area contributed by atoms with Gasteiger partial charge in [0.15, 0.2) is 0 Å². The predicted octanol–water partition coefficient (Wildman–Crippen LogP) is 10.3. The summed E-state index contributed by atoms with van der Waals surface area (Å²) in [5.41, 5.74) is 6.55. The third-order valence-corrected chi connectivity index (χ3v) is 10.8. The highest BCUT2D eigenvalue weighted by molar-refractivity contribution is 9.10. The minimum atomic E-state index is -0.998. The summed E-state index contributed by atoms with van der Waals surface area (Å²) in [6, 6.07) is 45.3. The number of hydrogen-bond acceptors (Lipinski definition) is 7. The minimum Gasteiger partial charge on any atom is -0.443 e. The van der Waals surface area contributed by atoms with Crippen molar-refractivity contribution >= 4 is 15.9 Å². The average molecular weight is 850 g/mol. The summed E-state index contributed by atoms with van der Waals surface area (Å²) in [6.45, 7) is 7.60. The van der Waals surface area contributed by atoms with Gasteiger partial charge in [0, 0.05) is 23.7 Å². The van der Waals surface area contributed by atoms with Crippen LogP contribution in [0.2, 0.25) is 0 Å². The number of rotatable bonds is 18. The van der Waals surface area contributed by atoms with E-state index in [2.05, 4.69) is 29.8 Å². The lowest BCUT2D eigenvalue weighted by molar-refractivity contribution is -0.310. The maximum absolute atomic E-state index is 14.8. The molecule has 1 unspecified atom stereocenters. The lowest BCUT2D eigenvalue weighted by Gasteiger charge is -2.45. The number of halogens is 2. The SMILES string of the molecule is Cc1c(Cc2ccc(Br)c(F)c2)c(O[C@@H]2OC(COCc3ccccc3)[C@@H](OCc3ccccc3)[C@H](OCc3ccccc3)[C@H]2OCc2ccccc2)nn1C(C)C. The Labute approximate surface area is 349 Å². The van der Waals surface area contributed by atoms with E-state index < -0.39 is 30.7 Å². The van der Waals surface area contributed by atoms with Crippen LogP contribution in [0.5, 0.6) is 5.88 Å². The number of ether oxygens (including phenoxy) is 6. The molecule has 5 atom stereocenters. The number of nitrogens with zero attached hydrogens (tertiary/aromatic N) is 2. The van der Waals surface area contributed by atoms with Gasteiger partial charge in [0.25, 0.3) is 0 Å². The van der Waals surface area contributed by atoms with Crippen molar-refractivity contribution in [1.82, 2.24) is 9.78 Å². The molecule has 1 fully saturated rings. The first-order valence-corrected chi connectivity index (χ1v) is 20.5. The van der Waals surface area contributed by atoms with Crippen LogP contribution in [-0.2, 0) is 56.5 Å².